The van der Waals surface area contributed by atoms with Gasteiger partial charge in [0.1, 0.15) is 12.4 Å². The number of nitrogens with zero attached hydrogens (tertiary/aromatic N) is 2. The molecule has 5 rings (SSSR count). The smallest absolute Gasteiger partial charge is 0.434 e. The van der Waals surface area contributed by atoms with Crippen molar-refractivity contribution < 1.29 is 27.4 Å². The average Bonchev–Trinajstić information content (AvgIpc) is 3.27. The molecule has 1 aromatic heterocycles. The summed E-state index contributed by atoms with van der Waals surface area (Å²) in [6, 6.07) is 12.9. The van der Waals surface area contributed by atoms with Crippen LogP contribution >= 0.6 is 84.7 Å². The molecule has 234 valence electrons. The normalized spacial score (nSPS) is 15.1. The first-order chi connectivity index (χ1) is 21.3. The number of hydrogen-bond acceptors (Lipinski definition) is 6. The maximum Gasteiger partial charge on any atom is 0.434 e. The lowest BCUT2D eigenvalue weighted by Crippen LogP contribution is -2.41. The van der Waals surface area contributed by atoms with Gasteiger partial charge in [0.2, 0.25) is 0 Å². The molecule has 45 heavy (non-hydrogen) atoms. The molecular weight excluding hydrogens is 855 g/mol. The number of carbonyl (C=O) groups is 1. The molecule has 0 spiro atoms. The Kier molecular flexibility index (Phi) is 10.4. The minimum Gasteiger partial charge on any atom is -0.487 e. The van der Waals surface area contributed by atoms with Crippen LogP contribution in [0, 0.1) is 3.57 Å². The summed E-state index contributed by atoms with van der Waals surface area (Å²) >= 11 is 24.7. The maximum absolute atomic E-state index is 14.4. The van der Waals surface area contributed by atoms with Gasteiger partial charge in [0, 0.05) is 30.7 Å². The molecule has 0 radical (unpaired) electrons. The summed E-state index contributed by atoms with van der Waals surface area (Å²) in [5.41, 5.74) is -1.55. The van der Waals surface area contributed by atoms with Crippen LogP contribution in [0.1, 0.15) is 29.7 Å². The van der Waals surface area contributed by atoms with Crippen LogP contribution in [0.3, 0.4) is 0 Å². The van der Waals surface area contributed by atoms with Gasteiger partial charge in [-0.25, -0.2) is 9.79 Å². The molecule has 4 aromatic rings. The average molecular weight is 873 g/mol. The van der Waals surface area contributed by atoms with Crippen molar-refractivity contribution in [3.8, 4) is 5.75 Å². The van der Waals surface area contributed by atoms with Gasteiger partial charge in [0.15, 0.2) is 10.5 Å². The highest BCUT2D eigenvalue weighted by Crippen LogP contribution is 2.39. The molecule has 0 bridgehead atoms. The first kappa shape index (κ1) is 34.0. The highest BCUT2D eigenvalue weighted by molar-refractivity contribution is 14.1. The number of rotatable bonds is 7. The van der Waals surface area contributed by atoms with E-state index in [9.17, 15) is 22.8 Å². The molecule has 2 heterocycles. The number of fused-ring (bicyclic) bond motifs is 1. The minimum absolute atomic E-state index is 0.0580. The second-order valence-corrected chi connectivity index (χ2v) is 13.8. The van der Waals surface area contributed by atoms with Crippen molar-refractivity contribution in [1.29, 1.82) is 0 Å². The summed E-state index contributed by atoms with van der Waals surface area (Å²) in [6.45, 7) is 1.36. The molecule has 3 aromatic carbocycles. The van der Waals surface area contributed by atoms with Crippen LogP contribution in [0.4, 0.5) is 13.2 Å². The van der Waals surface area contributed by atoms with Crippen molar-refractivity contribution in [2.24, 2.45) is 4.99 Å². The van der Waals surface area contributed by atoms with Gasteiger partial charge in [-0.1, -0.05) is 80.3 Å². The number of alkyl halides is 3. The van der Waals surface area contributed by atoms with Crippen LogP contribution in [-0.4, -0.2) is 23.3 Å². The molecule has 1 atom stereocenters. The van der Waals surface area contributed by atoms with Gasteiger partial charge < -0.3 is 9.47 Å². The predicted octanol–water partition coefficient (Wildman–Crippen LogP) is 8.25. The summed E-state index contributed by atoms with van der Waals surface area (Å²) in [5, 5.41) is 1.19. The van der Waals surface area contributed by atoms with Crippen LogP contribution < -0.4 is 19.6 Å². The van der Waals surface area contributed by atoms with Crippen molar-refractivity contribution in [3.63, 3.8) is 0 Å². The first-order valence-corrected chi connectivity index (χ1v) is 16.7. The van der Waals surface area contributed by atoms with Crippen molar-refractivity contribution in [2.45, 2.75) is 25.7 Å². The lowest BCUT2D eigenvalue weighted by Gasteiger charge is -2.26. The van der Waals surface area contributed by atoms with Crippen molar-refractivity contribution in [1.82, 2.24) is 4.57 Å². The minimum atomic E-state index is -5.02. The molecule has 0 amide bonds. The van der Waals surface area contributed by atoms with Crippen LogP contribution in [0.2, 0.25) is 15.1 Å². The van der Waals surface area contributed by atoms with Crippen LogP contribution in [0.25, 0.3) is 6.08 Å². The molecule has 0 saturated heterocycles. The highest BCUT2D eigenvalue weighted by atomic mass is 127. The molecule has 15 heteroatoms. The van der Waals surface area contributed by atoms with E-state index in [1.165, 1.54) is 37.3 Å². The van der Waals surface area contributed by atoms with E-state index >= 15 is 0 Å². The number of aromatic nitrogens is 1. The Morgan fingerprint density at radius 1 is 1.11 bits per heavy atom. The zero-order valence-corrected chi connectivity index (χ0v) is 29.6. The van der Waals surface area contributed by atoms with Crippen LogP contribution in [-0.2, 0) is 16.1 Å². The van der Waals surface area contributed by atoms with Gasteiger partial charge in [0.25, 0.3) is 5.56 Å². The van der Waals surface area contributed by atoms with E-state index < -0.39 is 35.0 Å². The molecule has 0 N–H and O–H groups in total. The van der Waals surface area contributed by atoms with Gasteiger partial charge in [-0.15, -0.1) is 0 Å². The lowest BCUT2D eigenvalue weighted by molar-refractivity contribution is -0.140. The molecule has 0 aliphatic carbocycles. The van der Waals surface area contributed by atoms with Gasteiger partial charge in [0.05, 0.1) is 26.3 Å². The quantitative estimate of drug-likeness (QED) is 0.139. The largest absolute Gasteiger partial charge is 0.487 e. The summed E-state index contributed by atoms with van der Waals surface area (Å²) in [7, 11) is 0. The summed E-state index contributed by atoms with van der Waals surface area (Å²) in [4.78, 5) is 30.6. The second-order valence-electron chi connectivity index (χ2n) is 9.45. The highest BCUT2D eigenvalue weighted by Gasteiger charge is 2.45. The zero-order chi connectivity index (χ0) is 32.6. The standard InChI is InChI=1S/C30H18BrCl3F3IN2O4S/c1-2-43-28(42)23-24(14-3-6-18(32)7-4-14)40-27(41)22(45-29(40)39-26(23)30(35,36)37)10-16-9-17(31)11-21(38)25(16)44-13-15-5-8-19(33)12-20(15)34/h3-12,24H,2,13H2,1H3/b22-10-/t24-/m0/s1. The number of ether oxygens (including phenoxy) is 2. The monoisotopic (exact) mass is 870 g/mol. The first-order valence-electron chi connectivity index (χ1n) is 12.9. The summed E-state index contributed by atoms with van der Waals surface area (Å²) in [5.74, 6) is -0.825. The Bertz CT molecular complexity index is 2030. The number of halogens is 8. The second kappa shape index (κ2) is 13.8. The third-order valence-electron chi connectivity index (χ3n) is 6.49. The molecule has 0 saturated carbocycles. The number of allylic oxidation sites excluding steroid dienone is 1. The number of thiazole rings is 1. The van der Waals surface area contributed by atoms with E-state index in [1.807, 2.05) is 0 Å². The fourth-order valence-electron chi connectivity index (χ4n) is 4.57. The Balaban J connectivity index is 1.71. The third kappa shape index (κ3) is 7.31. The van der Waals surface area contributed by atoms with Crippen LogP contribution in [0.5, 0.6) is 5.75 Å². The number of esters is 1. The van der Waals surface area contributed by atoms with Gasteiger partial charge in [-0.05, 0) is 77.6 Å². The molecule has 1 aliphatic rings. The molecule has 0 fully saturated rings. The third-order valence-corrected chi connectivity index (χ3v) is 9.57. The number of hydrogen-bond donors (Lipinski definition) is 0. The fourth-order valence-corrected chi connectivity index (χ4v) is 7.86. The van der Waals surface area contributed by atoms with E-state index in [2.05, 4.69) is 43.5 Å². The van der Waals surface area contributed by atoms with Crippen molar-refractivity contribution in [3.05, 3.63) is 125 Å². The van der Waals surface area contributed by atoms with Gasteiger partial charge in [-0.2, -0.15) is 13.2 Å². The van der Waals surface area contributed by atoms with E-state index in [4.69, 9.17) is 44.3 Å². The van der Waals surface area contributed by atoms with E-state index in [-0.39, 0.29) is 28.1 Å². The Morgan fingerprint density at radius 3 is 2.44 bits per heavy atom. The lowest BCUT2D eigenvalue weighted by atomic mass is 9.95. The fraction of sp³-hybridized carbons (Fsp3) is 0.167. The van der Waals surface area contributed by atoms with Gasteiger partial charge in [-0.3, -0.25) is 9.36 Å². The Morgan fingerprint density at radius 2 is 1.80 bits per heavy atom. The summed E-state index contributed by atoms with van der Waals surface area (Å²) < 4.78 is 56.8. The summed E-state index contributed by atoms with van der Waals surface area (Å²) in [6.07, 6.45) is -3.51. The topological polar surface area (TPSA) is 69.9 Å². The number of carbonyl (C=O) groups excluding carboxylic acids is 1. The Hall–Kier alpha value is -2.36. The SMILES string of the molecule is CCOC(=O)C1=C(C(F)(F)F)N=c2s/c(=C\c3cc(Br)cc(I)c3OCc3ccc(Cl)cc3Cl)c(=O)n2[C@H]1c1ccc(Cl)cc1. The number of benzene rings is 3. The van der Waals surface area contributed by atoms with E-state index in [1.54, 1.807) is 30.3 Å². The van der Waals surface area contributed by atoms with Crippen molar-refractivity contribution >= 4 is 96.7 Å². The molecule has 6 nitrogen and oxygen atoms in total. The maximum atomic E-state index is 14.4. The van der Waals surface area contributed by atoms with Gasteiger partial charge >= 0.3 is 12.1 Å². The molecule has 0 unspecified atom stereocenters. The van der Waals surface area contributed by atoms with Crippen molar-refractivity contribution in [2.75, 3.05) is 6.61 Å². The predicted molar refractivity (Wildman–Crippen MR) is 180 cm³/mol. The Labute approximate surface area is 295 Å². The molecular formula is C30H18BrCl3F3IN2O4S. The van der Waals surface area contributed by atoms with E-state index in [0.717, 1.165) is 15.9 Å². The molecule has 1 aliphatic heterocycles. The zero-order valence-electron chi connectivity index (χ0n) is 22.7. The van der Waals surface area contributed by atoms with Crippen LogP contribution in [0.15, 0.2) is 80.1 Å². The van der Waals surface area contributed by atoms with E-state index in [0.29, 0.717) is 40.0 Å².